The zero-order valence-corrected chi connectivity index (χ0v) is 13.2. The fraction of sp³-hybridized carbons (Fsp3) is 0.562. The molecule has 3 N–H and O–H groups in total. The topological polar surface area (TPSA) is 58.4 Å². The Bertz CT molecular complexity index is 471. The van der Waals surface area contributed by atoms with Gasteiger partial charge in [-0.2, -0.15) is 0 Å². The van der Waals surface area contributed by atoms with Crippen LogP contribution in [0.15, 0.2) is 18.2 Å². The molecule has 0 radical (unpaired) electrons. The molecule has 0 spiro atoms. The van der Waals surface area contributed by atoms with Crippen molar-refractivity contribution in [3.63, 3.8) is 0 Å². The summed E-state index contributed by atoms with van der Waals surface area (Å²) in [5, 5.41) is 3.41. The number of nitrogen functional groups attached to an aromatic ring is 1. The fourth-order valence-corrected chi connectivity index (χ4v) is 2.84. The zero-order chi connectivity index (χ0) is 15.1. The number of hydrogen-bond donors (Lipinski definition) is 2. The summed E-state index contributed by atoms with van der Waals surface area (Å²) in [5.41, 5.74) is 6.96. The molecular formula is C16H24ClN3O. The Hall–Kier alpha value is -1.26. The minimum atomic E-state index is -0.00112. The molecule has 116 valence electrons. The van der Waals surface area contributed by atoms with Crippen molar-refractivity contribution in [1.29, 1.82) is 0 Å². The van der Waals surface area contributed by atoms with E-state index in [0.717, 1.165) is 13.0 Å². The van der Waals surface area contributed by atoms with Crippen LogP contribution in [0.5, 0.6) is 0 Å². The lowest BCUT2D eigenvalue weighted by atomic mass is 10.2. The van der Waals surface area contributed by atoms with Gasteiger partial charge >= 0.3 is 0 Å². The number of benzene rings is 1. The van der Waals surface area contributed by atoms with Crippen LogP contribution in [0.4, 0.5) is 11.4 Å². The van der Waals surface area contributed by atoms with Gasteiger partial charge in [-0.1, -0.05) is 24.4 Å². The van der Waals surface area contributed by atoms with Crippen LogP contribution in [0.2, 0.25) is 5.02 Å². The van der Waals surface area contributed by atoms with Crippen LogP contribution >= 0.6 is 11.6 Å². The van der Waals surface area contributed by atoms with Crippen LogP contribution in [0.25, 0.3) is 0 Å². The summed E-state index contributed by atoms with van der Waals surface area (Å²) in [4.78, 5) is 14.4. The van der Waals surface area contributed by atoms with E-state index in [1.54, 1.807) is 18.2 Å². The van der Waals surface area contributed by atoms with E-state index in [1.807, 2.05) is 0 Å². The molecule has 0 bridgehead atoms. The van der Waals surface area contributed by atoms with Crippen molar-refractivity contribution >= 4 is 28.9 Å². The smallest absolute Gasteiger partial charge is 0.224 e. The van der Waals surface area contributed by atoms with E-state index in [1.165, 1.54) is 38.8 Å². The highest BCUT2D eigenvalue weighted by molar-refractivity contribution is 6.31. The lowest BCUT2D eigenvalue weighted by Crippen LogP contribution is -2.26. The molecule has 1 saturated heterocycles. The summed E-state index contributed by atoms with van der Waals surface area (Å²) < 4.78 is 0. The Morgan fingerprint density at radius 2 is 1.95 bits per heavy atom. The Balaban J connectivity index is 1.73. The van der Waals surface area contributed by atoms with E-state index < -0.39 is 0 Å². The molecule has 1 aromatic rings. The van der Waals surface area contributed by atoms with E-state index in [2.05, 4.69) is 10.2 Å². The number of hydrogen-bond acceptors (Lipinski definition) is 3. The number of carbonyl (C=O) groups excluding carboxylic acids is 1. The molecular weight excluding hydrogens is 286 g/mol. The second-order valence-electron chi connectivity index (χ2n) is 5.64. The second kappa shape index (κ2) is 8.25. The highest BCUT2D eigenvalue weighted by Crippen LogP contribution is 2.23. The van der Waals surface area contributed by atoms with Crippen LogP contribution in [-0.4, -0.2) is 30.4 Å². The average molecular weight is 310 g/mol. The van der Waals surface area contributed by atoms with Gasteiger partial charge in [-0.05, 0) is 57.1 Å². The fourth-order valence-electron chi connectivity index (χ4n) is 2.67. The number of likely N-dealkylation sites (tertiary alicyclic amines) is 1. The van der Waals surface area contributed by atoms with Gasteiger partial charge in [0, 0.05) is 11.4 Å². The highest BCUT2D eigenvalue weighted by atomic mass is 35.5. The molecule has 1 heterocycles. The number of nitrogens with two attached hydrogens (primary N) is 1. The minimum absolute atomic E-state index is 0.00112. The summed E-state index contributed by atoms with van der Waals surface area (Å²) >= 11 is 5.91. The van der Waals surface area contributed by atoms with Gasteiger partial charge in [0.25, 0.3) is 0 Å². The maximum Gasteiger partial charge on any atom is 0.224 e. The van der Waals surface area contributed by atoms with Crippen LogP contribution < -0.4 is 11.1 Å². The van der Waals surface area contributed by atoms with Gasteiger partial charge in [0.1, 0.15) is 0 Å². The van der Waals surface area contributed by atoms with Crippen molar-refractivity contribution < 1.29 is 4.79 Å². The van der Waals surface area contributed by atoms with Crippen molar-refractivity contribution in [2.45, 2.75) is 38.5 Å². The van der Waals surface area contributed by atoms with Crippen molar-refractivity contribution in [2.24, 2.45) is 0 Å². The quantitative estimate of drug-likeness (QED) is 0.818. The van der Waals surface area contributed by atoms with Crippen LogP contribution in [0.3, 0.4) is 0 Å². The standard InChI is InChI=1S/C16H24ClN3O/c17-13-7-8-14(18)15(12-13)19-16(21)6-5-11-20-9-3-1-2-4-10-20/h7-8,12H,1-6,9-11,18H2,(H,19,21). The molecule has 1 fully saturated rings. The summed E-state index contributed by atoms with van der Waals surface area (Å²) in [5.74, 6) is -0.00112. The number of halogens is 1. The summed E-state index contributed by atoms with van der Waals surface area (Å²) in [6.07, 6.45) is 6.64. The third kappa shape index (κ3) is 5.56. The van der Waals surface area contributed by atoms with E-state index in [4.69, 9.17) is 17.3 Å². The molecule has 2 rings (SSSR count). The van der Waals surface area contributed by atoms with Crippen LogP contribution in [-0.2, 0) is 4.79 Å². The van der Waals surface area contributed by atoms with E-state index in [9.17, 15) is 4.79 Å². The number of anilines is 2. The molecule has 0 aliphatic carbocycles. The molecule has 0 saturated carbocycles. The Morgan fingerprint density at radius 3 is 2.67 bits per heavy atom. The number of carbonyl (C=O) groups is 1. The molecule has 21 heavy (non-hydrogen) atoms. The molecule has 0 unspecified atom stereocenters. The van der Waals surface area contributed by atoms with Gasteiger partial charge in [0.05, 0.1) is 11.4 Å². The largest absolute Gasteiger partial charge is 0.397 e. The SMILES string of the molecule is Nc1ccc(Cl)cc1NC(=O)CCCN1CCCCCC1. The Labute approximate surface area is 131 Å². The van der Waals surface area contributed by atoms with Crippen molar-refractivity contribution in [3.8, 4) is 0 Å². The lowest BCUT2D eigenvalue weighted by molar-refractivity contribution is -0.116. The molecule has 1 aliphatic rings. The van der Waals surface area contributed by atoms with Gasteiger partial charge in [-0.3, -0.25) is 4.79 Å². The van der Waals surface area contributed by atoms with Crippen molar-refractivity contribution in [1.82, 2.24) is 4.90 Å². The van der Waals surface area contributed by atoms with Gasteiger partial charge in [-0.25, -0.2) is 0 Å². The number of rotatable bonds is 5. The maximum absolute atomic E-state index is 12.0. The average Bonchev–Trinajstić information content (AvgIpc) is 2.72. The molecule has 0 atom stereocenters. The van der Waals surface area contributed by atoms with Gasteiger partial charge in [-0.15, -0.1) is 0 Å². The first-order valence-corrected chi connectivity index (χ1v) is 8.10. The minimum Gasteiger partial charge on any atom is -0.397 e. The van der Waals surface area contributed by atoms with Crippen molar-refractivity contribution in [3.05, 3.63) is 23.2 Å². The zero-order valence-electron chi connectivity index (χ0n) is 12.4. The molecule has 1 amide bonds. The van der Waals surface area contributed by atoms with E-state index >= 15 is 0 Å². The van der Waals surface area contributed by atoms with E-state index in [-0.39, 0.29) is 5.91 Å². The third-order valence-corrected chi connectivity index (χ3v) is 4.10. The number of nitrogens with one attached hydrogen (secondary N) is 1. The molecule has 0 aromatic heterocycles. The van der Waals surface area contributed by atoms with E-state index in [0.29, 0.717) is 22.8 Å². The highest BCUT2D eigenvalue weighted by Gasteiger charge is 2.10. The first-order valence-electron chi connectivity index (χ1n) is 7.72. The maximum atomic E-state index is 12.0. The monoisotopic (exact) mass is 309 g/mol. The Kier molecular flexibility index (Phi) is 6.33. The van der Waals surface area contributed by atoms with Crippen molar-refractivity contribution in [2.75, 3.05) is 30.7 Å². The van der Waals surface area contributed by atoms with Crippen LogP contribution in [0, 0.1) is 0 Å². The van der Waals surface area contributed by atoms with Gasteiger partial charge < -0.3 is 16.0 Å². The normalized spacial score (nSPS) is 16.4. The predicted molar refractivity (Wildman–Crippen MR) is 88.6 cm³/mol. The van der Waals surface area contributed by atoms with Gasteiger partial charge in [0.15, 0.2) is 0 Å². The molecule has 1 aromatic carbocycles. The summed E-state index contributed by atoms with van der Waals surface area (Å²) in [6.45, 7) is 3.34. The predicted octanol–water partition coefficient (Wildman–Crippen LogP) is 3.52. The summed E-state index contributed by atoms with van der Waals surface area (Å²) in [6, 6.07) is 5.10. The summed E-state index contributed by atoms with van der Waals surface area (Å²) in [7, 11) is 0. The molecule has 4 nitrogen and oxygen atoms in total. The van der Waals surface area contributed by atoms with Gasteiger partial charge in [0.2, 0.25) is 5.91 Å². The number of amides is 1. The number of nitrogens with zero attached hydrogens (tertiary/aromatic N) is 1. The second-order valence-corrected chi connectivity index (χ2v) is 6.08. The molecule has 5 heteroatoms. The Morgan fingerprint density at radius 1 is 1.24 bits per heavy atom. The third-order valence-electron chi connectivity index (χ3n) is 3.87. The lowest BCUT2D eigenvalue weighted by Gasteiger charge is -2.19. The first kappa shape index (κ1) is 16.1. The van der Waals surface area contributed by atoms with Crippen LogP contribution in [0.1, 0.15) is 38.5 Å². The molecule has 1 aliphatic heterocycles. The first-order chi connectivity index (χ1) is 10.1.